The predicted molar refractivity (Wildman–Crippen MR) is 31.9 cm³/mol. The number of carbonyl (C=O) groups is 2. The van der Waals surface area contributed by atoms with Crippen molar-refractivity contribution in [3.05, 3.63) is 0 Å². The topological polar surface area (TPSA) is 52.6 Å². The van der Waals surface area contributed by atoms with Gasteiger partial charge in [0.25, 0.3) is 12.2 Å². The lowest BCUT2D eigenvalue weighted by Gasteiger charge is -2.29. The molecule has 0 aromatic rings. The van der Waals surface area contributed by atoms with Crippen LogP contribution in [0.15, 0.2) is 0 Å². The summed E-state index contributed by atoms with van der Waals surface area (Å²) in [6.45, 7) is 0. The zero-order valence-electron chi connectivity index (χ0n) is 7.06. The summed E-state index contributed by atoms with van der Waals surface area (Å²) in [5, 5.41) is 0. The summed E-state index contributed by atoms with van der Waals surface area (Å²) < 4.78 is 78.3. The van der Waals surface area contributed by atoms with Gasteiger partial charge in [0.05, 0.1) is 0 Å². The number of rotatable bonds is 0. The third-order valence-electron chi connectivity index (χ3n) is 1.49. The Bertz CT molecular complexity index is 286. The van der Waals surface area contributed by atoms with Crippen molar-refractivity contribution in [3.63, 3.8) is 0 Å². The molecule has 0 bridgehead atoms. The second-order valence-electron chi connectivity index (χ2n) is 2.72. The van der Waals surface area contributed by atoms with Crippen LogP contribution in [0.2, 0.25) is 0 Å². The molecule has 16 heavy (non-hydrogen) atoms. The van der Waals surface area contributed by atoms with Gasteiger partial charge in [-0.05, 0) is 0 Å². The maximum Gasteiger partial charge on any atom is 0.436 e. The molecule has 0 N–H and O–H groups in total. The zero-order chi connectivity index (χ0) is 12.7. The van der Waals surface area contributed by atoms with Gasteiger partial charge in [-0.1, -0.05) is 0 Å². The van der Waals surface area contributed by atoms with Gasteiger partial charge in [-0.25, -0.2) is 9.59 Å². The van der Waals surface area contributed by atoms with E-state index in [1.807, 2.05) is 0 Å². The van der Waals surface area contributed by atoms with Crippen LogP contribution in [0.25, 0.3) is 0 Å². The summed E-state index contributed by atoms with van der Waals surface area (Å²) in [5.74, 6) is -4.59. The second kappa shape index (κ2) is 3.52. The van der Waals surface area contributed by atoms with Gasteiger partial charge in [0, 0.05) is 0 Å². The minimum absolute atomic E-state index is 2.30. The highest BCUT2D eigenvalue weighted by Crippen LogP contribution is 2.32. The van der Waals surface area contributed by atoms with Gasteiger partial charge in [-0.3, -0.25) is 0 Å². The van der Waals surface area contributed by atoms with Crippen LogP contribution in [0.1, 0.15) is 0 Å². The highest BCUT2D eigenvalue weighted by molar-refractivity contribution is 5.88. The van der Waals surface area contributed by atoms with E-state index in [-0.39, 0.29) is 0 Å². The van der Waals surface area contributed by atoms with E-state index in [1.54, 1.807) is 0 Å². The molecule has 0 aromatic carbocycles. The Kier molecular flexibility index (Phi) is 2.77. The van der Waals surface area contributed by atoms with Gasteiger partial charge in [0.15, 0.2) is 0 Å². The van der Waals surface area contributed by atoms with Crippen molar-refractivity contribution >= 4 is 11.9 Å². The molecule has 0 spiro atoms. The lowest BCUT2D eigenvalue weighted by molar-refractivity contribution is -0.277. The highest BCUT2D eigenvalue weighted by atomic mass is 19.4. The van der Waals surface area contributed by atoms with E-state index in [0.717, 1.165) is 0 Å². The number of halogens is 6. The molecule has 1 aliphatic rings. The lowest BCUT2D eigenvalue weighted by Crippen LogP contribution is -2.55. The van der Waals surface area contributed by atoms with E-state index in [0.29, 0.717) is 0 Å². The third-order valence-corrected chi connectivity index (χ3v) is 1.49. The van der Waals surface area contributed by atoms with E-state index < -0.39 is 36.5 Å². The van der Waals surface area contributed by atoms with E-state index in [2.05, 4.69) is 9.47 Å². The van der Waals surface area contributed by atoms with E-state index in [1.165, 1.54) is 0 Å². The Morgan fingerprint density at radius 1 is 0.750 bits per heavy atom. The molecule has 2 atom stereocenters. The van der Waals surface area contributed by atoms with Crippen LogP contribution < -0.4 is 0 Å². The molecule has 1 saturated heterocycles. The Morgan fingerprint density at radius 3 is 1.19 bits per heavy atom. The van der Waals surface area contributed by atoms with Crippen molar-refractivity contribution in [2.45, 2.75) is 24.6 Å². The number of hydrogen-bond donors (Lipinski definition) is 0. The number of esters is 2. The van der Waals surface area contributed by atoms with E-state index >= 15 is 0 Å². The monoisotopic (exact) mass is 252 g/mol. The molecular weight excluding hydrogens is 250 g/mol. The Labute approximate surface area is 83.1 Å². The number of ether oxygens (including phenoxy) is 2. The van der Waals surface area contributed by atoms with Crippen molar-refractivity contribution in [1.82, 2.24) is 0 Å². The zero-order valence-corrected chi connectivity index (χ0v) is 7.06. The number of hydrogen-bond acceptors (Lipinski definition) is 4. The molecule has 1 heterocycles. The first-order valence-electron chi connectivity index (χ1n) is 3.58. The van der Waals surface area contributed by atoms with Crippen LogP contribution >= 0.6 is 0 Å². The quantitative estimate of drug-likeness (QED) is 0.475. The van der Waals surface area contributed by atoms with Crippen LogP contribution in [-0.4, -0.2) is 36.5 Å². The smallest absolute Gasteiger partial charge is 0.436 e. The summed E-state index contributed by atoms with van der Waals surface area (Å²) in [6.07, 6.45) is -17.2. The second-order valence-corrected chi connectivity index (χ2v) is 2.72. The fourth-order valence-corrected chi connectivity index (χ4v) is 0.853. The minimum Gasteiger partial charge on any atom is -0.437 e. The Hall–Kier alpha value is -1.48. The number of cyclic esters (lactones) is 2. The lowest BCUT2D eigenvalue weighted by atomic mass is 10.2. The van der Waals surface area contributed by atoms with Gasteiger partial charge >= 0.3 is 24.3 Å². The van der Waals surface area contributed by atoms with Crippen molar-refractivity contribution < 1.29 is 45.4 Å². The molecule has 0 aromatic heterocycles. The summed E-state index contributed by atoms with van der Waals surface area (Å²) in [5.41, 5.74) is 0. The first-order valence-corrected chi connectivity index (χ1v) is 3.58. The number of carbonyl (C=O) groups excluding carboxylic acids is 2. The van der Waals surface area contributed by atoms with E-state index in [9.17, 15) is 35.9 Å². The molecule has 92 valence electrons. The molecule has 2 unspecified atom stereocenters. The minimum atomic E-state index is -5.30. The van der Waals surface area contributed by atoms with Gasteiger partial charge in [-0.15, -0.1) is 0 Å². The molecular formula is C6H2F6O4. The van der Waals surface area contributed by atoms with Crippen molar-refractivity contribution in [3.8, 4) is 0 Å². The Balaban J connectivity index is 2.88. The van der Waals surface area contributed by atoms with Crippen LogP contribution in [0.5, 0.6) is 0 Å². The fourth-order valence-electron chi connectivity index (χ4n) is 0.853. The average molecular weight is 252 g/mol. The molecule has 1 aliphatic heterocycles. The predicted octanol–water partition coefficient (Wildman–Crippen LogP) is 0.948. The van der Waals surface area contributed by atoms with Crippen LogP contribution in [-0.2, 0) is 19.1 Å². The Morgan fingerprint density at radius 2 is 1.00 bits per heavy atom. The van der Waals surface area contributed by atoms with Crippen molar-refractivity contribution in [2.24, 2.45) is 0 Å². The molecule has 10 heteroatoms. The van der Waals surface area contributed by atoms with Crippen LogP contribution in [0, 0.1) is 0 Å². The largest absolute Gasteiger partial charge is 0.437 e. The van der Waals surface area contributed by atoms with Crippen LogP contribution in [0.3, 0.4) is 0 Å². The molecule has 1 rings (SSSR count). The van der Waals surface area contributed by atoms with Gasteiger partial charge < -0.3 is 9.47 Å². The highest BCUT2D eigenvalue weighted by Gasteiger charge is 2.60. The van der Waals surface area contributed by atoms with Gasteiger partial charge in [-0.2, -0.15) is 26.3 Å². The summed E-state index contributed by atoms with van der Waals surface area (Å²) in [6, 6.07) is 0. The van der Waals surface area contributed by atoms with Crippen LogP contribution in [0.4, 0.5) is 26.3 Å². The van der Waals surface area contributed by atoms with Crippen molar-refractivity contribution in [1.29, 1.82) is 0 Å². The molecule has 0 saturated carbocycles. The summed E-state index contributed by atoms with van der Waals surface area (Å²) >= 11 is 0. The molecule has 4 nitrogen and oxygen atoms in total. The summed E-state index contributed by atoms with van der Waals surface area (Å²) in [4.78, 5) is 21.0. The average Bonchev–Trinajstić information content (AvgIpc) is 2.04. The maximum absolute atomic E-state index is 11.9. The van der Waals surface area contributed by atoms with E-state index in [4.69, 9.17) is 0 Å². The van der Waals surface area contributed by atoms with Crippen molar-refractivity contribution in [2.75, 3.05) is 0 Å². The molecule has 1 fully saturated rings. The SMILES string of the molecule is O=C1OC(C(F)(F)F)C(=O)OC1C(F)(F)F. The third kappa shape index (κ3) is 2.36. The number of alkyl halides is 6. The molecule has 0 radical (unpaired) electrons. The fraction of sp³-hybridized carbons (Fsp3) is 0.667. The maximum atomic E-state index is 11.9. The standard InChI is InChI=1S/C6H2F6O4/c7-5(8,9)1-3(13)16-2(4(14)15-1)6(10,11)12/h1-2H. The van der Waals surface area contributed by atoms with Gasteiger partial charge in [0.1, 0.15) is 0 Å². The van der Waals surface area contributed by atoms with Gasteiger partial charge in [0.2, 0.25) is 0 Å². The summed E-state index contributed by atoms with van der Waals surface area (Å²) in [7, 11) is 0. The first kappa shape index (κ1) is 12.6. The normalized spacial score (nSPS) is 27.4. The first-order chi connectivity index (χ1) is 7.03. The molecule has 0 aliphatic carbocycles. The molecule has 0 amide bonds.